The molecule has 2 saturated carbocycles. The topological polar surface area (TPSA) is 63.4 Å². The summed E-state index contributed by atoms with van der Waals surface area (Å²) in [6.07, 6.45) is 10.8. The third-order valence-corrected chi connectivity index (χ3v) is 7.51. The van der Waals surface area contributed by atoms with Crippen molar-refractivity contribution in [1.29, 1.82) is 0 Å². The van der Waals surface area contributed by atoms with Crippen LogP contribution >= 0.6 is 0 Å². The molecule has 2 aliphatic rings. The van der Waals surface area contributed by atoms with E-state index in [0.717, 1.165) is 44.9 Å². The first kappa shape index (κ1) is 17.2. The van der Waals surface area contributed by atoms with Crippen molar-refractivity contribution in [1.82, 2.24) is 4.31 Å². The largest absolute Gasteiger partial charge is 0.329 e. The highest BCUT2D eigenvalue weighted by Gasteiger charge is 2.44. The molecule has 0 atom stereocenters. The van der Waals surface area contributed by atoms with Crippen molar-refractivity contribution in [3.8, 4) is 0 Å². The number of nitrogens with two attached hydrogens (primary N) is 1. The number of sulfonamides is 1. The van der Waals surface area contributed by atoms with E-state index in [1.165, 1.54) is 19.3 Å². The normalized spacial score (nSPS) is 23.8. The van der Waals surface area contributed by atoms with Crippen molar-refractivity contribution in [3.05, 3.63) is 0 Å². The number of rotatable bonds is 7. The standard InChI is InChI=1S/C16H32N2O2S/c1-2-12-18(16(14-17)10-6-7-11-16)21(19,20)13-15-8-4-3-5-9-15/h15H,2-14,17H2,1H3. The molecule has 0 aromatic rings. The van der Waals surface area contributed by atoms with Gasteiger partial charge in [-0.3, -0.25) is 0 Å². The predicted octanol–water partition coefficient (Wildman–Crippen LogP) is 2.88. The van der Waals surface area contributed by atoms with Crippen LogP contribution in [0.5, 0.6) is 0 Å². The lowest BCUT2D eigenvalue weighted by atomic mass is 9.91. The SMILES string of the molecule is CCCN(C1(CN)CCCC1)S(=O)(=O)CC1CCCCC1. The first-order chi connectivity index (χ1) is 10.0. The summed E-state index contributed by atoms with van der Waals surface area (Å²) in [5.41, 5.74) is 5.74. The van der Waals surface area contributed by atoms with Crippen LogP contribution in [-0.4, -0.2) is 37.1 Å². The quantitative estimate of drug-likeness (QED) is 0.785. The van der Waals surface area contributed by atoms with E-state index in [-0.39, 0.29) is 5.54 Å². The summed E-state index contributed by atoms with van der Waals surface area (Å²) < 4.78 is 27.8. The minimum absolute atomic E-state index is 0.288. The second kappa shape index (κ2) is 7.42. The van der Waals surface area contributed by atoms with Crippen LogP contribution in [0.25, 0.3) is 0 Å². The van der Waals surface area contributed by atoms with Gasteiger partial charge in [0.2, 0.25) is 10.0 Å². The van der Waals surface area contributed by atoms with Crippen molar-refractivity contribution in [3.63, 3.8) is 0 Å². The second-order valence-corrected chi connectivity index (χ2v) is 8.93. The Morgan fingerprint density at radius 2 is 1.71 bits per heavy atom. The maximum atomic E-state index is 13.0. The van der Waals surface area contributed by atoms with Crippen LogP contribution in [0.3, 0.4) is 0 Å². The van der Waals surface area contributed by atoms with Gasteiger partial charge < -0.3 is 5.73 Å². The van der Waals surface area contributed by atoms with Gasteiger partial charge in [0.15, 0.2) is 0 Å². The molecule has 0 saturated heterocycles. The second-order valence-electron chi connectivity index (χ2n) is 6.99. The van der Waals surface area contributed by atoms with Gasteiger partial charge in [-0.15, -0.1) is 0 Å². The molecule has 0 aromatic carbocycles. The first-order valence-corrected chi connectivity index (χ1v) is 10.4. The predicted molar refractivity (Wildman–Crippen MR) is 87.6 cm³/mol. The summed E-state index contributed by atoms with van der Waals surface area (Å²) in [5, 5.41) is 0. The molecular weight excluding hydrogens is 284 g/mol. The molecule has 4 nitrogen and oxygen atoms in total. The molecule has 2 aliphatic carbocycles. The van der Waals surface area contributed by atoms with E-state index in [2.05, 4.69) is 6.92 Å². The average molecular weight is 317 g/mol. The molecular formula is C16H32N2O2S. The fourth-order valence-electron chi connectivity index (χ4n) is 4.20. The van der Waals surface area contributed by atoms with Crippen molar-refractivity contribution in [2.24, 2.45) is 11.7 Å². The first-order valence-electron chi connectivity index (χ1n) is 8.75. The van der Waals surface area contributed by atoms with E-state index in [1.807, 2.05) is 4.31 Å². The van der Waals surface area contributed by atoms with E-state index >= 15 is 0 Å². The van der Waals surface area contributed by atoms with E-state index < -0.39 is 10.0 Å². The van der Waals surface area contributed by atoms with Gasteiger partial charge in [-0.1, -0.05) is 39.0 Å². The molecule has 0 unspecified atom stereocenters. The average Bonchev–Trinajstić information content (AvgIpc) is 2.95. The number of hydrogen-bond donors (Lipinski definition) is 1. The van der Waals surface area contributed by atoms with Gasteiger partial charge in [-0.25, -0.2) is 8.42 Å². The summed E-state index contributed by atoms with van der Waals surface area (Å²) in [6, 6.07) is 0. The Kier molecular flexibility index (Phi) is 6.09. The summed E-state index contributed by atoms with van der Waals surface area (Å²) >= 11 is 0. The molecule has 0 bridgehead atoms. The number of hydrogen-bond acceptors (Lipinski definition) is 3. The van der Waals surface area contributed by atoms with Gasteiger partial charge in [0.05, 0.1) is 5.75 Å². The molecule has 0 aliphatic heterocycles. The van der Waals surface area contributed by atoms with Gasteiger partial charge in [-0.05, 0) is 38.0 Å². The molecule has 0 amide bonds. The maximum Gasteiger partial charge on any atom is 0.214 e. The molecule has 0 aromatic heterocycles. The van der Waals surface area contributed by atoms with Crippen molar-refractivity contribution < 1.29 is 8.42 Å². The molecule has 124 valence electrons. The molecule has 5 heteroatoms. The monoisotopic (exact) mass is 316 g/mol. The van der Waals surface area contributed by atoms with Gasteiger partial charge in [0.25, 0.3) is 0 Å². The van der Waals surface area contributed by atoms with E-state index in [4.69, 9.17) is 5.73 Å². The lowest BCUT2D eigenvalue weighted by Gasteiger charge is -2.40. The zero-order valence-corrected chi connectivity index (χ0v) is 14.3. The summed E-state index contributed by atoms with van der Waals surface area (Å²) in [5.74, 6) is 0.703. The third-order valence-electron chi connectivity index (χ3n) is 5.38. The van der Waals surface area contributed by atoms with Gasteiger partial charge in [0.1, 0.15) is 0 Å². The molecule has 2 rings (SSSR count). The maximum absolute atomic E-state index is 13.0. The van der Waals surface area contributed by atoms with Crippen LogP contribution in [-0.2, 0) is 10.0 Å². The lowest BCUT2D eigenvalue weighted by molar-refractivity contribution is 0.195. The van der Waals surface area contributed by atoms with E-state index in [1.54, 1.807) is 0 Å². The Bertz CT molecular complexity index is 410. The summed E-state index contributed by atoms with van der Waals surface area (Å²) in [7, 11) is -3.18. The Labute approximate surface area is 130 Å². The molecule has 0 spiro atoms. The fraction of sp³-hybridized carbons (Fsp3) is 1.00. The highest BCUT2D eigenvalue weighted by atomic mass is 32.2. The van der Waals surface area contributed by atoms with Crippen LogP contribution in [0.4, 0.5) is 0 Å². The molecule has 2 N–H and O–H groups in total. The summed E-state index contributed by atoms with van der Waals surface area (Å²) in [6.45, 7) is 3.16. The van der Waals surface area contributed by atoms with Crippen molar-refractivity contribution >= 4 is 10.0 Å². The van der Waals surface area contributed by atoms with Crippen molar-refractivity contribution in [2.45, 2.75) is 76.7 Å². The van der Waals surface area contributed by atoms with Gasteiger partial charge in [-0.2, -0.15) is 4.31 Å². The summed E-state index contributed by atoms with van der Waals surface area (Å²) in [4.78, 5) is 0. The zero-order valence-electron chi connectivity index (χ0n) is 13.5. The van der Waals surface area contributed by atoms with Gasteiger partial charge in [0, 0.05) is 18.6 Å². The fourth-order valence-corrected chi connectivity index (χ4v) is 6.62. The van der Waals surface area contributed by atoms with Crippen LogP contribution < -0.4 is 5.73 Å². The minimum Gasteiger partial charge on any atom is -0.329 e. The van der Waals surface area contributed by atoms with Gasteiger partial charge >= 0.3 is 0 Å². The van der Waals surface area contributed by atoms with E-state index in [0.29, 0.717) is 24.8 Å². The molecule has 2 fully saturated rings. The third kappa shape index (κ3) is 3.99. The van der Waals surface area contributed by atoms with Crippen LogP contribution in [0.2, 0.25) is 0 Å². The van der Waals surface area contributed by atoms with E-state index in [9.17, 15) is 8.42 Å². The Balaban J connectivity index is 2.14. The lowest BCUT2D eigenvalue weighted by Crippen LogP contribution is -2.55. The Morgan fingerprint density at radius 3 is 2.24 bits per heavy atom. The van der Waals surface area contributed by atoms with Crippen LogP contribution in [0.15, 0.2) is 0 Å². The van der Waals surface area contributed by atoms with Crippen LogP contribution in [0.1, 0.15) is 71.1 Å². The van der Waals surface area contributed by atoms with Crippen molar-refractivity contribution in [2.75, 3.05) is 18.8 Å². The Hall–Kier alpha value is -0.130. The van der Waals surface area contributed by atoms with Crippen LogP contribution in [0, 0.1) is 5.92 Å². The minimum atomic E-state index is -3.18. The highest BCUT2D eigenvalue weighted by molar-refractivity contribution is 7.89. The molecule has 0 radical (unpaired) electrons. The highest BCUT2D eigenvalue weighted by Crippen LogP contribution is 2.37. The Morgan fingerprint density at radius 1 is 1.10 bits per heavy atom. The zero-order chi connectivity index (χ0) is 15.3. The molecule has 21 heavy (non-hydrogen) atoms. The smallest absolute Gasteiger partial charge is 0.214 e. The number of nitrogens with zero attached hydrogens (tertiary/aromatic N) is 1. The molecule has 0 heterocycles.